The highest BCUT2D eigenvalue weighted by Gasteiger charge is 2.41. The molecule has 1 saturated heterocycles. The average Bonchev–Trinajstić information content (AvgIpc) is 2.84. The molecule has 8 heteroatoms. The van der Waals surface area contributed by atoms with Crippen molar-refractivity contribution < 1.29 is 18.3 Å². The lowest BCUT2D eigenvalue weighted by Crippen LogP contribution is -2.29. The fourth-order valence-corrected chi connectivity index (χ4v) is 6.04. The van der Waals surface area contributed by atoms with Crippen molar-refractivity contribution in [1.82, 2.24) is 4.31 Å². The molecule has 0 unspecified atom stereocenters. The molecular formula is C10H12BrNO4S2. The van der Waals surface area contributed by atoms with Crippen LogP contribution in [0.25, 0.3) is 0 Å². The van der Waals surface area contributed by atoms with Gasteiger partial charge in [-0.25, -0.2) is 8.42 Å². The molecule has 1 N–H and O–H groups in total. The average molecular weight is 354 g/mol. The van der Waals surface area contributed by atoms with Crippen LogP contribution in [0.3, 0.4) is 0 Å². The summed E-state index contributed by atoms with van der Waals surface area (Å²) in [5, 5.41) is 10.7. The number of halogens is 1. The molecule has 0 aliphatic carbocycles. The molecule has 0 amide bonds. The van der Waals surface area contributed by atoms with Crippen LogP contribution in [0.4, 0.5) is 0 Å². The Bertz CT molecular complexity index is 568. The van der Waals surface area contributed by atoms with Crippen molar-refractivity contribution in [3.8, 4) is 0 Å². The Hall–Kier alpha value is -0.440. The first-order chi connectivity index (χ1) is 8.34. The van der Waals surface area contributed by atoms with Gasteiger partial charge in [-0.05, 0) is 33.3 Å². The molecule has 1 aliphatic heterocycles. The first kappa shape index (κ1) is 14.0. The van der Waals surface area contributed by atoms with E-state index in [1.807, 2.05) is 0 Å². The van der Waals surface area contributed by atoms with Crippen molar-refractivity contribution in [3.63, 3.8) is 0 Å². The molecule has 0 bridgehead atoms. The molecule has 0 spiro atoms. The van der Waals surface area contributed by atoms with Gasteiger partial charge in [-0.15, -0.1) is 11.3 Å². The van der Waals surface area contributed by atoms with E-state index in [0.29, 0.717) is 4.47 Å². The lowest BCUT2D eigenvalue weighted by Gasteiger charge is -2.14. The quantitative estimate of drug-likeness (QED) is 0.899. The van der Waals surface area contributed by atoms with Gasteiger partial charge in [0.15, 0.2) is 0 Å². The Morgan fingerprint density at radius 3 is 2.67 bits per heavy atom. The number of hydrogen-bond acceptors (Lipinski definition) is 4. The van der Waals surface area contributed by atoms with E-state index in [2.05, 4.69) is 15.9 Å². The number of sulfonamides is 1. The molecule has 1 aromatic rings. The smallest absolute Gasteiger partial charge is 0.308 e. The first-order valence-corrected chi connectivity index (χ1v) is 8.41. The lowest BCUT2D eigenvalue weighted by atomic mass is 9.99. The van der Waals surface area contributed by atoms with Crippen molar-refractivity contribution >= 4 is 43.3 Å². The zero-order valence-corrected chi connectivity index (χ0v) is 12.8. The van der Waals surface area contributed by atoms with Crippen LogP contribution in [-0.2, 0) is 14.8 Å². The number of rotatable bonds is 3. The molecule has 1 aromatic heterocycles. The van der Waals surface area contributed by atoms with Crippen LogP contribution in [-0.4, -0.2) is 36.9 Å². The number of carboxylic acid groups (broad SMARTS) is 1. The van der Waals surface area contributed by atoms with Crippen molar-refractivity contribution in [2.75, 3.05) is 13.1 Å². The number of aliphatic carboxylic acids is 1. The Labute approximate surface area is 118 Å². The molecule has 0 aromatic carbocycles. The maximum atomic E-state index is 12.3. The highest BCUT2D eigenvalue weighted by Crippen LogP contribution is 2.34. The summed E-state index contributed by atoms with van der Waals surface area (Å²) < 4.78 is 26.7. The molecule has 2 rings (SSSR count). The second kappa shape index (κ2) is 4.92. The largest absolute Gasteiger partial charge is 0.481 e. The van der Waals surface area contributed by atoms with Gasteiger partial charge in [0.2, 0.25) is 0 Å². The fraction of sp³-hybridized carbons (Fsp3) is 0.500. The molecule has 1 fully saturated rings. The second-order valence-corrected chi connectivity index (χ2v) is 8.20. The third-order valence-corrected chi connectivity index (χ3v) is 7.53. The fourth-order valence-electron chi connectivity index (χ4n) is 2.02. The van der Waals surface area contributed by atoms with E-state index in [1.54, 1.807) is 18.4 Å². The van der Waals surface area contributed by atoms with Gasteiger partial charge in [0.05, 0.1) is 5.92 Å². The van der Waals surface area contributed by atoms with E-state index in [-0.39, 0.29) is 23.2 Å². The van der Waals surface area contributed by atoms with E-state index < -0.39 is 21.9 Å². The number of hydrogen-bond donors (Lipinski definition) is 1. The van der Waals surface area contributed by atoms with Crippen LogP contribution in [0.2, 0.25) is 0 Å². The van der Waals surface area contributed by atoms with Crippen LogP contribution in [0.15, 0.2) is 20.1 Å². The second-order valence-electron chi connectivity index (χ2n) is 4.30. The van der Waals surface area contributed by atoms with Gasteiger partial charge in [0.25, 0.3) is 10.0 Å². The maximum absolute atomic E-state index is 12.3. The van der Waals surface area contributed by atoms with Crippen molar-refractivity contribution in [2.45, 2.75) is 11.1 Å². The van der Waals surface area contributed by atoms with Gasteiger partial charge in [0, 0.05) is 17.6 Å². The molecule has 0 radical (unpaired) electrons. The minimum absolute atomic E-state index is 0.0448. The Kier molecular flexibility index (Phi) is 3.82. The SMILES string of the molecule is C[C@@H]1CN(S(=O)(=O)c2sccc2Br)C[C@H]1C(=O)O. The Morgan fingerprint density at radius 2 is 2.22 bits per heavy atom. The van der Waals surface area contributed by atoms with Crippen molar-refractivity contribution in [3.05, 3.63) is 15.9 Å². The molecule has 100 valence electrons. The van der Waals surface area contributed by atoms with Crippen LogP contribution < -0.4 is 0 Å². The molecule has 2 atom stereocenters. The van der Waals surface area contributed by atoms with Crippen LogP contribution in [0, 0.1) is 11.8 Å². The lowest BCUT2D eigenvalue weighted by molar-refractivity contribution is -0.142. The molecule has 5 nitrogen and oxygen atoms in total. The summed E-state index contributed by atoms with van der Waals surface area (Å²) in [6.07, 6.45) is 0. The number of carboxylic acids is 1. The van der Waals surface area contributed by atoms with Gasteiger partial charge in [-0.3, -0.25) is 4.79 Å². The summed E-state index contributed by atoms with van der Waals surface area (Å²) in [5.74, 6) is -1.74. The van der Waals surface area contributed by atoms with Gasteiger partial charge >= 0.3 is 5.97 Å². The Balaban J connectivity index is 2.29. The summed E-state index contributed by atoms with van der Waals surface area (Å²) in [6, 6.07) is 1.67. The van der Waals surface area contributed by atoms with E-state index in [4.69, 9.17) is 5.11 Å². The highest BCUT2D eigenvalue weighted by atomic mass is 79.9. The molecule has 1 aliphatic rings. The van der Waals surface area contributed by atoms with E-state index in [9.17, 15) is 13.2 Å². The third kappa shape index (κ3) is 2.34. The van der Waals surface area contributed by atoms with Gasteiger partial charge in [-0.2, -0.15) is 4.31 Å². The highest BCUT2D eigenvalue weighted by molar-refractivity contribution is 9.10. The van der Waals surface area contributed by atoms with Crippen LogP contribution >= 0.6 is 27.3 Å². The topological polar surface area (TPSA) is 74.7 Å². The third-order valence-electron chi connectivity index (χ3n) is 3.05. The summed E-state index contributed by atoms with van der Waals surface area (Å²) >= 11 is 4.33. The van der Waals surface area contributed by atoms with E-state index in [1.165, 1.54) is 4.31 Å². The summed E-state index contributed by atoms with van der Waals surface area (Å²) in [6.45, 7) is 2.06. The zero-order valence-electron chi connectivity index (χ0n) is 9.54. The van der Waals surface area contributed by atoms with Gasteiger partial charge < -0.3 is 5.11 Å². The number of thiophene rings is 1. The van der Waals surface area contributed by atoms with Crippen LogP contribution in [0.1, 0.15) is 6.92 Å². The molecular weight excluding hydrogens is 342 g/mol. The number of carbonyl (C=O) groups is 1. The summed E-state index contributed by atoms with van der Waals surface area (Å²) in [7, 11) is -3.58. The minimum Gasteiger partial charge on any atom is -0.481 e. The maximum Gasteiger partial charge on any atom is 0.308 e. The van der Waals surface area contributed by atoms with Crippen LogP contribution in [0.5, 0.6) is 0 Å². The van der Waals surface area contributed by atoms with Gasteiger partial charge in [-0.1, -0.05) is 6.92 Å². The Morgan fingerprint density at radius 1 is 1.56 bits per heavy atom. The predicted octanol–water partition coefficient (Wildman–Crippen LogP) is 1.85. The number of nitrogens with zero attached hydrogens (tertiary/aromatic N) is 1. The molecule has 0 saturated carbocycles. The summed E-state index contributed by atoms with van der Waals surface area (Å²) in [4.78, 5) is 11.0. The molecule has 18 heavy (non-hydrogen) atoms. The molecule has 2 heterocycles. The standard InChI is InChI=1S/C10H12BrNO4S2/c1-6-4-12(5-7(6)9(13)14)18(15,16)10-8(11)2-3-17-10/h2-3,6-7H,4-5H2,1H3,(H,13,14)/t6-,7-/m1/s1. The zero-order chi connectivity index (χ0) is 13.5. The van der Waals surface area contributed by atoms with E-state index >= 15 is 0 Å². The van der Waals surface area contributed by atoms with E-state index in [0.717, 1.165) is 11.3 Å². The summed E-state index contributed by atoms with van der Waals surface area (Å²) in [5.41, 5.74) is 0. The normalized spacial score (nSPS) is 25.4. The van der Waals surface area contributed by atoms with Crippen molar-refractivity contribution in [1.29, 1.82) is 0 Å². The van der Waals surface area contributed by atoms with Crippen molar-refractivity contribution in [2.24, 2.45) is 11.8 Å². The first-order valence-electron chi connectivity index (χ1n) is 5.30. The predicted molar refractivity (Wildman–Crippen MR) is 71.1 cm³/mol. The minimum atomic E-state index is -3.58. The van der Waals surface area contributed by atoms with Gasteiger partial charge in [0.1, 0.15) is 4.21 Å². The monoisotopic (exact) mass is 353 g/mol.